The summed E-state index contributed by atoms with van der Waals surface area (Å²) in [4.78, 5) is 2.30. The van der Waals surface area contributed by atoms with E-state index in [0.29, 0.717) is 6.42 Å². The highest BCUT2D eigenvalue weighted by atomic mass is 16.5. The van der Waals surface area contributed by atoms with Crippen molar-refractivity contribution in [3.8, 4) is 0 Å². The average Bonchev–Trinajstić information content (AvgIpc) is 2.86. The van der Waals surface area contributed by atoms with E-state index in [9.17, 15) is 5.11 Å². The van der Waals surface area contributed by atoms with Crippen LogP contribution in [-0.4, -0.2) is 61.7 Å². The van der Waals surface area contributed by atoms with Gasteiger partial charge in [-0.25, -0.2) is 0 Å². The van der Waals surface area contributed by atoms with Gasteiger partial charge in [0, 0.05) is 26.0 Å². The lowest BCUT2D eigenvalue weighted by atomic mass is 9.80. The van der Waals surface area contributed by atoms with Crippen molar-refractivity contribution >= 4 is 0 Å². The second-order valence-electron chi connectivity index (χ2n) is 6.18. The van der Waals surface area contributed by atoms with E-state index in [1.165, 1.54) is 11.1 Å². The highest BCUT2D eigenvalue weighted by Gasteiger charge is 2.46. The summed E-state index contributed by atoms with van der Waals surface area (Å²) in [6.45, 7) is 4.11. The normalized spacial score (nSPS) is 38.0. The number of methoxy groups -OCH3 is 1. The summed E-state index contributed by atoms with van der Waals surface area (Å²) in [5.74, 6) is 0.279. The van der Waals surface area contributed by atoms with Crippen molar-refractivity contribution in [2.24, 2.45) is 5.92 Å². The number of rotatable bonds is 4. The second-order valence-corrected chi connectivity index (χ2v) is 6.18. The van der Waals surface area contributed by atoms with Crippen molar-refractivity contribution < 1.29 is 14.6 Å². The van der Waals surface area contributed by atoms with E-state index in [1.807, 2.05) is 6.08 Å². The largest absolute Gasteiger partial charge is 0.389 e. The van der Waals surface area contributed by atoms with Gasteiger partial charge in [-0.05, 0) is 24.7 Å². The van der Waals surface area contributed by atoms with Crippen molar-refractivity contribution in [1.29, 1.82) is 0 Å². The number of aliphatic hydroxyl groups is 1. The zero-order chi connectivity index (χ0) is 15.0. The molecule has 5 unspecified atom stereocenters. The average molecular weight is 291 g/mol. The molecule has 4 nitrogen and oxygen atoms in total. The van der Waals surface area contributed by atoms with E-state index in [4.69, 9.17) is 9.47 Å². The Morgan fingerprint density at radius 2 is 2.19 bits per heavy atom. The van der Waals surface area contributed by atoms with Crippen LogP contribution in [0.1, 0.15) is 13.3 Å². The summed E-state index contributed by atoms with van der Waals surface area (Å²) in [7, 11) is 3.86. The molecule has 0 bridgehead atoms. The van der Waals surface area contributed by atoms with E-state index in [-0.39, 0.29) is 30.3 Å². The van der Waals surface area contributed by atoms with Gasteiger partial charge in [-0.1, -0.05) is 31.2 Å². The van der Waals surface area contributed by atoms with Gasteiger partial charge < -0.3 is 19.5 Å². The predicted molar refractivity (Wildman–Crippen MR) is 82.0 cm³/mol. The molecule has 0 radical (unpaired) electrons. The quantitative estimate of drug-likeness (QED) is 0.798. The number of nitrogens with zero attached hydrogens (tertiary/aromatic N) is 1. The standard InChI is InChI=1S/C17H25NO3/c1-4-18(2)10-11-5-8-14(20-3)17-16(11)13-7-6-12(19)9-15(13)21-17/h5-8,12-15,17,19H,4,9-10H2,1-3H3. The van der Waals surface area contributed by atoms with Crippen LogP contribution in [-0.2, 0) is 9.47 Å². The van der Waals surface area contributed by atoms with Gasteiger partial charge in [-0.3, -0.25) is 0 Å². The molecule has 1 aliphatic heterocycles. The van der Waals surface area contributed by atoms with E-state index < -0.39 is 0 Å². The maximum absolute atomic E-state index is 9.82. The second kappa shape index (κ2) is 6.05. The lowest BCUT2D eigenvalue weighted by molar-refractivity contribution is -0.0405. The molecule has 3 aliphatic rings. The van der Waals surface area contributed by atoms with E-state index in [2.05, 4.69) is 37.1 Å². The number of ether oxygens (including phenoxy) is 2. The van der Waals surface area contributed by atoms with Gasteiger partial charge in [-0.15, -0.1) is 0 Å². The van der Waals surface area contributed by atoms with E-state index in [1.54, 1.807) is 7.11 Å². The minimum absolute atomic E-state index is 0.00907. The number of aliphatic hydroxyl groups excluding tert-OH is 1. The molecule has 21 heavy (non-hydrogen) atoms. The molecule has 4 heteroatoms. The van der Waals surface area contributed by atoms with E-state index in [0.717, 1.165) is 13.1 Å². The molecule has 3 rings (SSSR count). The molecule has 1 heterocycles. The SMILES string of the molecule is CCN(C)CC1=C2C3C=CC(O)CC3OC2C(OC)C=C1. The van der Waals surface area contributed by atoms with Gasteiger partial charge in [0.2, 0.25) is 0 Å². The molecule has 5 atom stereocenters. The summed E-state index contributed by atoms with van der Waals surface area (Å²) in [6.07, 6.45) is 8.65. The summed E-state index contributed by atoms with van der Waals surface area (Å²) in [5, 5.41) is 9.82. The lowest BCUT2D eigenvalue weighted by Crippen LogP contribution is -2.32. The van der Waals surface area contributed by atoms with Crippen LogP contribution in [0, 0.1) is 5.92 Å². The summed E-state index contributed by atoms with van der Waals surface area (Å²) < 4.78 is 11.8. The Morgan fingerprint density at radius 3 is 2.90 bits per heavy atom. The molecule has 1 N–H and O–H groups in total. The van der Waals surface area contributed by atoms with Gasteiger partial charge in [0.25, 0.3) is 0 Å². The fourth-order valence-electron chi connectivity index (χ4n) is 3.54. The van der Waals surface area contributed by atoms with Gasteiger partial charge >= 0.3 is 0 Å². The number of likely N-dealkylation sites (N-methyl/N-ethyl adjacent to an activating group) is 1. The minimum Gasteiger partial charge on any atom is -0.389 e. The Hall–Kier alpha value is -0.940. The third-order valence-electron chi connectivity index (χ3n) is 4.81. The molecule has 0 saturated carbocycles. The van der Waals surface area contributed by atoms with Crippen molar-refractivity contribution in [3.63, 3.8) is 0 Å². The van der Waals surface area contributed by atoms with Crippen molar-refractivity contribution in [2.75, 3.05) is 27.2 Å². The molecule has 1 saturated heterocycles. The molecule has 116 valence electrons. The first-order chi connectivity index (χ1) is 10.1. The zero-order valence-electron chi connectivity index (χ0n) is 13.0. The fraction of sp³-hybridized carbons (Fsp3) is 0.647. The highest BCUT2D eigenvalue weighted by Crippen LogP contribution is 2.43. The fourth-order valence-corrected chi connectivity index (χ4v) is 3.54. The minimum atomic E-state index is -0.386. The molecule has 0 aromatic carbocycles. The van der Waals surface area contributed by atoms with Gasteiger partial charge in [0.05, 0.1) is 12.2 Å². The summed E-state index contributed by atoms with van der Waals surface area (Å²) in [6, 6.07) is 0. The monoisotopic (exact) mass is 291 g/mol. The third-order valence-corrected chi connectivity index (χ3v) is 4.81. The van der Waals surface area contributed by atoms with Gasteiger partial charge in [-0.2, -0.15) is 0 Å². The van der Waals surface area contributed by atoms with Crippen LogP contribution in [0.25, 0.3) is 0 Å². The van der Waals surface area contributed by atoms with Gasteiger partial charge in [0.15, 0.2) is 0 Å². The Bertz CT molecular complexity index is 482. The summed E-state index contributed by atoms with van der Waals surface area (Å²) in [5.41, 5.74) is 2.68. The smallest absolute Gasteiger partial charge is 0.110 e. The highest BCUT2D eigenvalue weighted by molar-refractivity contribution is 5.42. The lowest BCUT2D eigenvalue weighted by Gasteiger charge is -2.28. The molecular weight excluding hydrogens is 266 g/mol. The predicted octanol–water partition coefficient (Wildman–Crippen LogP) is 1.52. The van der Waals surface area contributed by atoms with Crippen LogP contribution in [0.3, 0.4) is 0 Å². The Kier molecular flexibility index (Phi) is 4.31. The Balaban J connectivity index is 1.94. The first-order valence-electron chi connectivity index (χ1n) is 7.78. The van der Waals surface area contributed by atoms with Crippen LogP contribution in [0.4, 0.5) is 0 Å². The molecule has 0 amide bonds. The first kappa shape index (κ1) is 15.0. The topological polar surface area (TPSA) is 41.9 Å². The molecular formula is C17H25NO3. The van der Waals surface area contributed by atoms with Crippen molar-refractivity contribution in [3.05, 3.63) is 35.5 Å². The van der Waals surface area contributed by atoms with Crippen LogP contribution in [0.2, 0.25) is 0 Å². The van der Waals surface area contributed by atoms with Crippen molar-refractivity contribution in [1.82, 2.24) is 4.90 Å². The molecule has 0 aromatic rings. The summed E-state index contributed by atoms with van der Waals surface area (Å²) >= 11 is 0. The van der Waals surface area contributed by atoms with E-state index >= 15 is 0 Å². The third kappa shape index (κ3) is 2.73. The zero-order valence-corrected chi connectivity index (χ0v) is 13.0. The van der Waals surface area contributed by atoms with Crippen LogP contribution in [0.15, 0.2) is 35.5 Å². The maximum Gasteiger partial charge on any atom is 0.110 e. The Labute approximate surface area is 126 Å². The molecule has 2 aliphatic carbocycles. The van der Waals surface area contributed by atoms with Crippen LogP contribution in [0.5, 0.6) is 0 Å². The maximum atomic E-state index is 9.82. The number of fused-ring (bicyclic) bond motifs is 3. The molecule has 0 aromatic heterocycles. The number of hydrogen-bond donors (Lipinski definition) is 1. The van der Waals surface area contributed by atoms with Crippen molar-refractivity contribution in [2.45, 2.75) is 37.8 Å². The Morgan fingerprint density at radius 1 is 1.38 bits per heavy atom. The van der Waals surface area contributed by atoms with Gasteiger partial charge in [0.1, 0.15) is 12.2 Å². The van der Waals surface area contributed by atoms with Crippen LogP contribution < -0.4 is 0 Å². The number of hydrogen-bond acceptors (Lipinski definition) is 4. The molecule has 0 spiro atoms. The molecule has 1 fully saturated rings. The first-order valence-corrected chi connectivity index (χ1v) is 7.78. The van der Waals surface area contributed by atoms with Crippen LogP contribution >= 0.6 is 0 Å².